The molecule has 0 aliphatic carbocycles. The molecule has 0 bridgehead atoms. The largest absolute Gasteiger partial charge is 0.478 e. The summed E-state index contributed by atoms with van der Waals surface area (Å²) < 4.78 is 26.1. The number of benzene rings is 1. The van der Waals surface area contributed by atoms with Crippen LogP contribution < -0.4 is 4.72 Å². The van der Waals surface area contributed by atoms with Crippen molar-refractivity contribution in [3.8, 4) is 0 Å². The molecule has 0 saturated heterocycles. The van der Waals surface area contributed by atoms with Crippen LogP contribution in [0.4, 0.5) is 0 Å². The highest BCUT2D eigenvalue weighted by molar-refractivity contribution is 7.89. The number of carbonyl (C=O) groups is 1. The predicted octanol–water partition coefficient (Wildman–Crippen LogP) is 1.47. The lowest BCUT2D eigenvalue weighted by Gasteiger charge is -2.05. The molecule has 0 spiro atoms. The monoisotopic (exact) mass is 269 g/mol. The van der Waals surface area contributed by atoms with Crippen LogP contribution in [0.25, 0.3) is 6.08 Å². The standard InChI is InChI=1S/C12H15NO4S/c1-2-8-13-18(16,17)11-5-3-4-10(9-11)6-7-12(14)15/h3-7,9,13H,2,8H2,1H3,(H,14,15). The third-order valence-corrected chi connectivity index (χ3v) is 3.59. The second kappa shape index (κ2) is 6.32. The molecule has 0 aromatic heterocycles. The Hall–Kier alpha value is -1.66. The molecule has 0 fully saturated rings. The topological polar surface area (TPSA) is 83.5 Å². The third kappa shape index (κ3) is 4.31. The van der Waals surface area contributed by atoms with Gasteiger partial charge in [0.1, 0.15) is 0 Å². The van der Waals surface area contributed by atoms with Crippen LogP contribution in [0.3, 0.4) is 0 Å². The Morgan fingerprint density at radius 3 is 2.78 bits per heavy atom. The van der Waals surface area contributed by atoms with Gasteiger partial charge in [0.15, 0.2) is 0 Å². The van der Waals surface area contributed by atoms with Gasteiger partial charge in [0.2, 0.25) is 10.0 Å². The van der Waals surface area contributed by atoms with Crippen LogP contribution in [0, 0.1) is 0 Å². The van der Waals surface area contributed by atoms with E-state index in [0.29, 0.717) is 18.5 Å². The van der Waals surface area contributed by atoms with Crippen molar-refractivity contribution in [3.05, 3.63) is 35.9 Å². The van der Waals surface area contributed by atoms with Crippen molar-refractivity contribution < 1.29 is 18.3 Å². The van der Waals surface area contributed by atoms with E-state index < -0.39 is 16.0 Å². The van der Waals surface area contributed by atoms with Crippen LogP contribution in [0.15, 0.2) is 35.2 Å². The second-order valence-electron chi connectivity index (χ2n) is 3.64. The molecule has 1 rings (SSSR count). The summed E-state index contributed by atoms with van der Waals surface area (Å²) in [6.45, 7) is 2.24. The van der Waals surface area contributed by atoms with Crippen molar-refractivity contribution in [2.24, 2.45) is 0 Å². The number of carboxylic acid groups (broad SMARTS) is 1. The zero-order valence-electron chi connectivity index (χ0n) is 9.96. The average Bonchev–Trinajstić information content (AvgIpc) is 2.34. The molecule has 18 heavy (non-hydrogen) atoms. The summed E-state index contributed by atoms with van der Waals surface area (Å²) in [5, 5.41) is 8.50. The third-order valence-electron chi connectivity index (χ3n) is 2.13. The second-order valence-corrected chi connectivity index (χ2v) is 5.41. The molecule has 0 amide bonds. The lowest BCUT2D eigenvalue weighted by Crippen LogP contribution is -2.24. The maximum atomic E-state index is 11.8. The van der Waals surface area contributed by atoms with Crippen molar-refractivity contribution in [2.45, 2.75) is 18.2 Å². The van der Waals surface area contributed by atoms with Crippen molar-refractivity contribution >= 4 is 22.1 Å². The minimum atomic E-state index is -3.51. The molecule has 0 saturated carbocycles. The first-order valence-corrected chi connectivity index (χ1v) is 6.95. The zero-order valence-corrected chi connectivity index (χ0v) is 10.8. The number of rotatable bonds is 6. The van der Waals surface area contributed by atoms with E-state index in [1.807, 2.05) is 6.92 Å². The first-order chi connectivity index (χ1) is 8.45. The van der Waals surface area contributed by atoms with E-state index in [1.165, 1.54) is 18.2 Å². The van der Waals surface area contributed by atoms with Gasteiger partial charge in [0.25, 0.3) is 0 Å². The molecule has 1 aromatic carbocycles. The van der Waals surface area contributed by atoms with Crippen molar-refractivity contribution in [1.82, 2.24) is 4.72 Å². The van der Waals surface area contributed by atoms with E-state index >= 15 is 0 Å². The van der Waals surface area contributed by atoms with Gasteiger partial charge >= 0.3 is 5.97 Å². The van der Waals surface area contributed by atoms with Crippen LogP contribution in [-0.4, -0.2) is 26.0 Å². The van der Waals surface area contributed by atoms with E-state index in [1.54, 1.807) is 12.1 Å². The van der Waals surface area contributed by atoms with Crippen molar-refractivity contribution in [3.63, 3.8) is 0 Å². The molecule has 0 heterocycles. The molecular formula is C12H15NO4S. The van der Waals surface area contributed by atoms with Gasteiger partial charge in [-0.15, -0.1) is 0 Å². The van der Waals surface area contributed by atoms with Crippen LogP contribution in [-0.2, 0) is 14.8 Å². The minimum absolute atomic E-state index is 0.128. The molecular weight excluding hydrogens is 254 g/mol. The average molecular weight is 269 g/mol. The zero-order chi connectivity index (χ0) is 13.6. The summed E-state index contributed by atoms with van der Waals surface area (Å²) in [6, 6.07) is 6.11. The quantitative estimate of drug-likeness (QED) is 0.766. The molecule has 6 heteroatoms. The first-order valence-electron chi connectivity index (χ1n) is 5.46. The van der Waals surface area contributed by atoms with E-state index in [-0.39, 0.29) is 4.90 Å². The van der Waals surface area contributed by atoms with Crippen LogP contribution >= 0.6 is 0 Å². The number of aliphatic carboxylic acids is 1. The Morgan fingerprint density at radius 2 is 2.17 bits per heavy atom. The van der Waals surface area contributed by atoms with Gasteiger partial charge < -0.3 is 5.11 Å². The first kappa shape index (κ1) is 14.4. The highest BCUT2D eigenvalue weighted by Crippen LogP contribution is 2.12. The molecule has 0 unspecified atom stereocenters. The number of hydrogen-bond acceptors (Lipinski definition) is 3. The number of hydrogen-bond donors (Lipinski definition) is 2. The number of sulfonamides is 1. The normalized spacial score (nSPS) is 11.8. The van der Waals surface area contributed by atoms with E-state index in [4.69, 9.17) is 5.11 Å². The van der Waals surface area contributed by atoms with Gasteiger partial charge in [-0.2, -0.15) is 0 Å². The summed E-state index contributed by atoms with van der Waals surface area (Å²) in [6.07, 6.45) is 3.02. The lowest BCUT2D eigenvalue weighted by molar-refractivity contribution is -0.131. The van der Waals surface area contributed by atoms with Gasteiger partial charge in [0.05, 0.1) is 4.90 Å². The predicted molar refractivity (Wildman–Crippen MR) is 68.6 cm³/mol. The molecule has 0 radical (unpaired) electrons. The Bertz CT molecular complexity index is 549. The summed E-state index contributed by atoms with van der Waals surface area (Å²) in [4.78, 5) is 10.5. The van der Waals surface area contributed by atoms with Crippen molar-refractivity contribution in [1.29, 1.82) is 0 Å². The van der Waals surface area contributed by atoms with E-state index in [9.17, 15) is 13.2 Å². The van der Waals surface area contributed by atoms with Gasteiger partial charge in [-0.05, 0) is 30.2 Å². The Labute approximate surface area is 106 Å². The van der Waals surface area contributed by atoms with Crippen LogP contribution in [0.1, 0.15) is 18.9 Å². The van der Waals surface area contributed by atoms with Crippen LogP contribution in [0.5, 0.6) is 0 Å². The lowest BCUT2D eigenvalue weighted by atomic mass is 10.2. The summed E-state index contributed by atoms with van der Waals surface area (Å²) >= 11 is 0. The van der Waals surface area contributed by atoms with Gasteiger partial charge in [0, 0.05) is 12.6 Å². The molecule has 98 valence electrons. The number of nitrogens with one attached hydrogen (secondary N) is 1. The summed E-state index contributed by atoms with van der Waals surface area (Å²) in [5.41, 5.74) is 0.525. The van der Waals surface area contributed by atoms with Crippen molar-refractivity contribution in [2.75, 3.05) is 6.54 Å². The molecule has 0 aliphatic rings. The maximum Gasteiger partial charge on any atom is 0.328 e. The Kier molecular flexibility index (Phi) is 5.06. The molecule has 1 aromatic rings. The number of carboxylic acids is 1. The van der Waals surface area contributed by atoms with Gasteiger partial charge in [-0.3, -0.25) is 0 Å². The summed E-state index contributed by atoms with van der Waals surface area (Å²) in [5.74, 6) is -1.08. The van der Waals surface area contributed by atoms with Gasteiger partial charge in [-0.25, -0.2) is 17.9 Å². The molecule has 0 atom stereocenters. The fraction of sp³-hybridized carbons (Fsp3) is 0.250. The maximum absolute atomic E-state index is 11.8. The SMILES string of the molecule is CCCNS(=O)(=O)c1cccc(C=CC(=O)O)c1. The fourth-order valence-electron chi connectivity index (χ4n) is 1.27. The highest BCUT2D eigenvalue weighted by Gasteiger charge is 2.12. The molecule has 5 nitrogen and oxygen atoms in total. The van der Waals surface area contributed by atoms with Gasteiger partial charge in [-0.1, -0.05) is 19.1 Å². The fourth-order valence-corrected chi connectivity index (χ4v) is 2.46. The van der Waals surface area contributed by atoms with Crippen LogP contribution in [0.2, 0.25) is 0 Å². The summed E-state index contributed by atoms with van der Waals surface area (Å²) in [7, 11) is -3.51. The minimum Gasteiger partial charge on any atom is -0.478 e. The highest BCUT2D eigenvalue weighted by atomic mass is 32.2. The molecule has 2 N–H and O–H groups in total. The Morgan fingerprint density at radius 1 is 1.44 bits per heavy atom. The smallest absolute Gasteiger partial charge is 0.328 e. The van der Waals surface area contributed by atoms with E-state index in [0.717, 1.165) is 6.08 Å². The van der Waals surface area contributed by atoms with E-state index in [2.05, 4.69) is 4.72 Å². The Balaban J connectivity index is 2.98. The molecule has 0 aliphatic heterocycles.